The lowest BCUT2D eigenvalue weighted by atomic mass is 10.2. The number of para-hydroxylation sites is 1. The molecule has 5 heteroatoms. The van der Waals surface area contributed by atoms with E-state index in [-0.39, 0.29) is 12.7 Å². The van der Waals surface area contributed by atoms with Crippen molar-refractivity contribution < 1.29 is 9.53 Å². The van der Waals surface area contributed by atoms with Crippen LogP contribution in [-0.4, -0.2) is 28.0 Å². The van der Waals surface area contributed by atoms with E-state index < -0.39 is 0 Å². The summed E-state index contributed by atoms with van der Waals surface area (Å²) >= 11 is 0. The Morgan fingerprint density at radius 2 is 1.96 bits per heavy atom. The topological polar surface area (TPSA) is 58.2 Å². The van der Waals surface area contributed by atoms with E-state index in [1.807, 2.05) is 55.5 Å². The maximum absolute atomic E-state index is 12.1. The van der Waals surface area contributed by atoms with Crippen molar-refractivity contribution in [1.82, 2.24) is 14.9 Å². The first-order valence-corrected chi connectivity index (χ1v) is 7.49. The average Bonchev–Trinajstić information content (AvgIpc) is 2.97. The zero-order valence-electron chi connectivity index (χ0n) is 13.2. The lowest BCUT2D eigenvalue weighted by Crippen LogP contribution is -2.27. The van der Waals surface area contributed by atoms with E-state index in [2.05, 4.69) is 9.97 Å². The molecule has 3 aromatic rings. The van der Waals surface area contributed by atoms with Gasteiger partial charge in [0.1, 0.15) is 12.4 Å². The minimum Gasteiger partial charge on any atom is -0.445 e. The predicted octanol–water partition coefficient (Wildman–Crippen LogP) is 3.64. The molecule has 0 radical (unpaired) electrons. The first kappa shape index (κ1) is 15.1. The van der Waals surface area contributed by atoms with Gasteiger partial charge >= 0.3 is 6.09 Å². The van der Waals surface area contributed by atoms with Gasteiger partial charge in [0.2, 0.25) is 0 Å². The molecule has 0 bridgehead atoms. The minimum atomic E-state index is -0.369. The number of hydrogen-bond acceptors (Lipinski definition) is 3. The molecular formula is C18H19N3O2. The van der Waals surface area contributed by atoms with Gasteiger partial charge in [-0.05, 0) is 24.1 Å². The Balaban J connectivity index is 1.62. The largest absolute Gasteiger partial charge is 0.445 e. The van der Waals surface area contributed by atoms with Crippen LogP contribution < -0.4 is 0 Å². The van der Waals surface area contributed by atoms with Gasteiger partial charge in [-0.2, -0.15) is 0 Å². The maximum atomic E-state index is 12.1. The molecule has 3 rings (SSSR count). The Morgan fingerprint density at radius 1 is 1.17 bits per heavy atom. The Kier molecular flexibility index (Phi) is 4.28. The van der Waals surface area contributed by atoms with E-state index in [0.29, 0.717) is 6.54 Å². The van der Waals surface area contributed by atoms with Crippen molar-refractivity contribution >= 4 is 17.1 Å². The van der Waals surface area contributed by atoms with E-state index in [0.717, 1.165) is 28.0 Å². The summed E-state index contributed by atoms with van der Waals surface area (Å²) in [7, 11) is 1.70. The number of carbonyl (C=O) groups excluding carboxylic acids is 1. The summed E-state index contributed by atoms with van der Waals surface area (Å²) in [5.41, 5.74) is 3.99. The van der Waals surface area contributed by atoms with Crippen molar-refractivity contribution in [3.8, 4) is 0 Å². The van der Waals surface area contributed by atoms with Gasteiger partial charge in [-0.15, -0.1) is 0 Å². The molecule has 1 N–H and O–H groups in total. The fourth-order valence-electron chi connectivity index (χ4n) is 2.42. The number of hydrogen-bond donors (Lipinski definition) is 1. The van der Waals surface area contributed by atoms with Crippen LogP contribution in [0.3, 0.4) is 0 Å². The lowest BCUT2D eigenvalue weighted by molar-refractivity contribution is 0.102. The highest BCUT2D eigenvalue weighted by atomic mass is 16.6. The van der Waals surface area contributed by atoms with Crippen LogP contribution >= 0.6 is 0 Å². The Bertz CT molecular complexity index is 812. The summed E-state index contributed by atoms with van der Waals surface area (Å²) < 4.78 is 5.31. The smallest absolute Gasteiger partial charge is 0.410 e. The summed E-state index contributed by atoms with van der Waals surface area (Å²) in [5.74, 6) is 0.744. The second-order valence-corrected chi connectivity index (χ2v) is 5.55. The predicted molar refractivity (Wildman–Crippen MR) is 88.9 cm³/mol. The van der Waals surface area contributed by atoms with E-state index in [9.17, 15) is 4.79 Å². The standard InChI is InChI=1S/C18H19N3O2/c1-13-7-6-10-15-17(13)20-16(19-15)11-21(2)18(22)23-12-14-8-4-3-5-9-14/h3-10H,11-12H2,1-2H3,(H,19,20). The summed E-state index contributed by atoms with van der Waals surface area (Å²) in [6, 6.07) is 15.6. The van der Waals surface area contributed by atoms with Gasteiger partial charge in [0.05, 0.1) is 17.6 Å². The van der Waals surface area contributed by atoms with Crippen LogP contribution in [0, 0.1) is 6.92 Å². The van der Waals surface area contributed by atoms with Crippen LogP contribution in [-0.2, 0) is 17.9 Å². The number of imidazole rings is 1. The fourth-order valence-corrected chi connectivity index (χ4v) is 2.42. The summed E-state index contributed by atoms with van der Waals surface area (Å²) in [6.07, 6.45) is -0.369. The second kappa shape index (κ2) is 6.52. The third-order valence-electron chi connectivity index (χ3n) is 3.67. The average molecular weight is 309 g/mol. The lowest BCUT2D eigenvalue weighted by Gasteiger charge is -2.15. The van der Waals surface area contributed by atoms with Crippen LogP contribution in [0.4, 0.5) is 4.79 Å². The van der Waals surface area contributed by atoms with Gasteiger partial charge in [-0.1, -0.05) is 42.5 Å². The van der Waals surface area contributed by atoms with Crippen LogP contribution in [0.1, 0.15) is 17.0 Å². The number of aryl methyl sites for hydroxylation is 1. The molecule has 1 aromatic heterocycles. The molecule has 0 aliphatic carbocycles. The molecule has 0 unspecified atom stereocenters. The molecule has 1 heterocycles. The van der Waals surface area contributed by atoms with Crippen molar-refractivity contribution in [1.29, 1.82) is 0 Å². The summed E-state index contributed by atoms with van der Waals surface area (Å²) in [6.45, 7) is 2.66. The number of aromatic nitrogens is 2. The van der Waals surface area contributed by atoms with Gasteiger partial charge in [-0.25, -0.2) is 9.78 Å². The molecule has 0 fully saturated rings. The van der Waals surface area contributed by atoms with Crippen molar-refractivity contribution in [3.05, 3.63) is 65.5 Å². The van der Waals surface area contributed by atoms with Crippen LogP contribution in [0.2, 0.25) is 0 Å². The second-order valence-electron chi connectivity index (χ2n) is 5.55. The monoisotopic (exact) mass is 309 g/mol. The Hall–Kier alpha value is -2.82. The zero-order valence-corrected chi connectivity index (χ0v) is 13.2. The number of nitrogens with zero attached hydrogens (tertiary/aromatic N) is 2. The zero-order chi connectivity index (χ0) is 16.2. The molecule has 23 heavy (non-hydrogen) atoms. The summed E-state index contributed by atoms with van der Waals surface area (Å²) in [4.78, 5) is 21.4. The quantitative estimate of drug-likeness (QED) is 0.800. The molecule has 0 atom stereocenters. The van der Waals surface area contributed by atoms with Gasteiger partial charge < -0.3 is 14.6 Å². The van der Waals surface area contributed by atoms with Crippen LogP contribution in [0.15, 0.2) is 48.5 Å². The molecule has 0 spiro atoms. The molecule has 118 valence electrons. The molecule has 0 saturated heterocycles. The number of carbonyl (C=O) groups is 1. The Labute approximate surface area is 134 Å². The number of aromatic amines is 1. The SMILES string of the molecule is Cc1cccc2[nH]c(CN(C)C(=O)OCc3ccccc3)nc12. The highest BCUT2D eigenvalue weighted by Gasteiger charge is 2.13. The third kappa shape index (κ3) is 3.51. The highest BCUT2D eigenvalue weighted by molar-refractivity contribution is 5.78. The highest BCUT2D eigenvalue weighted by Crippen LogP contribution is 2.16. The van der Waals surface area contributed by atoms with Crippen LogP contribution in [0.5, 0.6) is 0 Å². The number of amides is 1. The van der Waals surface area contributed by atoms with Crippen molar-refractivity contribution in [2.75, 3.05) is 7.05 Å². The summed E-state index contributed by atoms with van der Waals surface area (Å²) in [5, 5.41) is 0. The van der Waals surface area contributed by atoms with Gasteiger partial charge in [0.15, 0.2) is 0 Å². The molecule has 0 aliphatic rings. The first-order chi connectivity index (χ1) is 11.1. The number of ether oxygens (including phenoxy) is 1. The normalized spacial score (nSPS) is 10.7. The van der Waals surface area contributed by atoms with Gasteiger partial charge in [-0.3, -0.25) is 0 Å². The molecule has 5 nitrogen and oxygen atoms in total. The molecule has 2 aromatic carbocycles. The van der Waals surface area contributed by atoms with E-state index in [4.69, 9.17) is 4.74 Å². The molecule has 0 aliphatic heterocycles. The number of benzene rings is 2. The number of fused-ring (bicyclic) bond motifs is 1. The molecular weight excluding hydrogens is 290 g/mol. The van der Waals surface area contributed by atoms with Crippen molar-refractivity contribution in [2.24, 2.45) is 0 Å². The first-order valence-electron chi connectivity index (χ1n) is 7.49. The van der Waals surface area contributed by atoms with Crippen LogP contribution in [0.25, 0.3) is 11.0 Å². The van der Waals surface area contributed by atoms with E-state index in [1.165, 1.54) is 4.90 Å². The minimum absolute atomic E-state index is 0.267. The molecule has 0 saturated carbocycles. The third-order valence-corrected chi connectivity index (χ3v) is 3.67. The van der Waals surface area contributed by atoms with Crippen molar-refractivity contribution in [2.45, 2.75) is 20.1 Å². The number of H-pyrrole nitrogens is 1. The van der Waals surface area contributed by atoms with E-state index in [1.54, 1.807) is 7.05 Å². The van der Waals surface area contributed by atoms with E-state index >= 15 is 0 Å². The van der Waals surface area contributed by atoms with Gasteiger partial charge in [0, 0.05) is 7.05 Å². The fraction of sp³-hybridized carbons (Fsp3) is 0.222. The number of nitrogens with one attached hydrogen (secondary N) is 1. The Morgan fingerprint density at radius 3 is 2.70 bits per heavy atom. The maximum Gasteiger partial charge on any atom is 0.410 e. The molecule has 1 amide bonds. The van der Waals surface area contributed by atoms with Crippen molar-refractivity contribution in [3.63, 3.8) is 0 Å². The number of rotatable bonds is 4. The van der Waals surface area contributed by atoms with Gasteiger partial charge in [0.25, 0.3) is 0 Å².